The summed E-state index contributed by atoms with van der Waals surface area (Å²) in [5, 5.41) is 1.38. The van der Waals surface area contributed by atoms with Crippen molar-refractivity contribution in [2.45, 2.75) is 46.4 Å². The fraction of sp³-hybridized carbons (Fsp3) is 0.189. The third-order valence-electron chi connectivity index (χ3n) is 7.97. The molecule has 0 saturated heterocycles. The topological polar surface area (TPSA) is 43.9 Å². The Balaban J connectivity index is 1.61. The van der Waals surface area contributed by atoms with E-state index in [0.717, 1.165) is 27.7 Å². The molecule has 4 aromatic carbocycles. The van der Waals surface area contributed by atoms with Gasteiger partial charge in [-0.2, -0.15) is 0 Å². The van der Waals surface area contributed by atoms with Crippen molar-refractivity contribution in [1.82, 2.24) is 14.5 Å². The molecule has 3 heterocycles. The Morgan fingerprint density at radius 1 is 0.805 bits per heavy atom. The predicted molar refractivity (Wildman–Crippen MR) is 170 cm³/mol. The van der Waals surface area contributed by atoms with Crippen LogP contribution in [0.2, 0.25) is 0 Å². The van der Waals surface area contributed by atoms with Gasteiger partial charge in [0.15, 0.2) is 0 Å². The Morgan fingerprint density at radius 3 is 2.27 bits per heavy atom. The zero-order valence-corrected chi connectivity index (χ0v) is 23.6. The second-order valence-electron chi connectivity index (χ2n) is 11.3. The van der Waals surface area contributed by atoms with Crippen molar-refractivity contribution in [2.24, 2.45) is 0 Å². The molecule has 0 fully saturated rings. The van der Waals surface area contributed by atoms with E-state index in [4.69, 9.17) is 13.5 Å². The molecule has 0 aliphatic rings. The van der Waals surface area contributed by atoms with Crippen LogP contribution in [-0.2, 0) is 0 Å². The van der Waals surface area contributed by atoms with Crippen LogP contribution >= 0.6 is 0 Å². The number of benzene rings is 4. The van der Waals surface area contributed by atoms with Crippen LogP contribution in [0.3, 0.4) is 0 Å². The van der Waals surface area contributed by atoms with Gasteiger partial charge in [0.2, 0.25) is 0 Å². The molecule has 7 aromatic rings. The van der Waals surface area contributed by atoms with E-state index in [1.54, 1.807) is 12.3 Å². The molecule has 4 nitrogen and oxygen atoms in total. The number of fused-ring (bicyclic) bond motifs is 4. The van der Waals surface area contributed by atoms with Crippen LogP contribution in [0.4, 0.5) is 0 Å². The largest absolute Gasteiger partial charge is 0.455 e. The van der Waals surface area contributed by atoms with Crippen molar-refractivity contribution in [2.75, 3.05) is 0 Å². The molecule has 0 N–H and O–H groups in total. The third kappa shape index (κ3) is 4.05. The first kappa shape index (κ1) is 22.0. The number of aryl methyl sites for hydroxylation is 1. The number of para-hydroxylation sites is 1. The molecule has 0 saturated carbocycles. The van der Waals surface area contributed by atoms with Gasteiger partial charge in [-0.3, -0.25) is 9.55 Å². The van der Waals surface area contributed by atoms with Crippen molar-refractivity contribution in [3.05, 3.63) is 114 Å². The summed E-state index contributed by atoms with van der Waals surface area (Å²) in [5.74, 6) is 1.10. The highest BCUT2D eigenvalue weighted by atomic mass is 16.3. The molecule has 0 unspecified atom stereocenters. The van der Waals surface area contributed by atoms with E-state index in [9.17, 15) is 0 Å². The maximum atomic E-state index is 8.31. The molecule has 0 aliphatic heterocycles. The van der Waals surface area contributed by atoms with E-state index < -0.39 is 6.85 Å². The van der Waals surface area contributed by atoms with E-state index in [1.807, 2.05) is 48.7 Å². The lowest BCUT2D eigenvalue weighted by molar-refractivity contribution is 0.669. The molecule has 0 atom stereocenters. The van der Waals surface area contributed by atoms with E-state index in [1.165, 1.54) is 22.3 Å². The molecule has 0 spiro atoms. The Bertz CT molecular complexity index is 2140. The van der Waals surface area contributed by atoms with Gasteiger partial charge in [0.05, 0.1) is 28.5 Å². The fourth-order valence-electron chi connectivity index (χ4n) is 5.95. The van der Waals surface area contributed by atoms with E-state index in [2.05, 4.69) is 73.6 Å². The first-order valence-corrected chi connectivity index (χ1v) is 14.1. The number of furan rings is 1. The standard InChI is InChI=1S/C37H33N3O/c1-22(2)29-19-26(25-11-7-6-8-12-25)20-30(23(3)4)35(29)40-32-21-38-18-17-31(32)39-37(40)28-16-15-24(5)34-27-13-9-10-14-33(27)41-36(28)34/h6-23H,1-5H3/i5D3. The van der Waals surface area contributed by atoms with Crippen LogP contribution in [0, 0.1) is 6.85 Å². The Hall–Kier alpha value is -4.70. The minimum Gasteiger partial charge on any atom is -0.455 e. The molecule has 0 radical (unpaired) electrons. The fourth-order valence-corrected chi connectivity index (χ4v) is 5.95. The van der Waals surface area contributed by atoms with Crippen molar-refractivity contribution >= 4 is 33.0 Å². The van der Waals surface area contributed by atoms with Crippen LogP contribution in [0.1, 0.15) is 60.3 Å². The SMILES string of the molecule is [2H]C([2H])([2H])c1ccc(-c2nc3ccncc3n2-c2c(C(C)C)cc(-c3ccccc3)cc2C(C)C)c2oc3ccccc3c12. The minimum absolute atomic E-state index is 0.206. The highest BCUT2D eigenvalue weighted by molar-refractivity contribution is 6.11. The summed E-state index contributed by atoms with van der Waals surface area (Å²) in [6, 6.07) is 28.2. The minimum atomic E-state index is -2.31. The summed E-state index contributed by atoms with van der Waals surface area (Å²) in [5.41, 5.74) is 9.64. The van der Waals surface area contributed by atoms with Gasteiger partial charge in [-0.1, -0.05) is 82.3 Å². The van der Waals surface area contributed by atoms with Crippen molar-refractivity contribution in [3.63, 3.8) is 0 Å². The second kappa shape index (κ2) is 9.74. The number of imidazole rings is 1. The molecule has 0 amide bonds. The average molecular weight is 539 g/mol. The summed E-state index contributed by atoms with van der Waals surface area (Å²) in [4.78, 5) is 9.68. The molecular weight excluding hydrogens is 502 g/mol. The quantitative estimate of drug-likeness (QED) is 0.219. The van der Waals surface area contributed by atoms with Crippen molar-refractivity contribution < 1.29 is 8.53 Å². The van der Waals surface area contributed by atoms with Gasteiger partial charge >= 0.3 is 0 Å². The Morgan fingerprint density at radius 2 is 1.54 bits per heavy atom. The third-order valence-corrected chi connectivity index (χ3v) is 7.97. The number of aromatic nitrogens is 3. The zero-order valence-electron chi connectivity index (χ0n) is 26.6. The monoisotopic (exact) mass is 538 g/mol. The van der Waals surface area contributed by atoms with Gasteiger partial charge in [-0.05, 0) is 76.8 Å². The van der Waals surface area contributed by atoms with E-state index in [0.29, 0.717) is 22.4 Å². The Kier molecular flexibility index (Phi) is 5.24. The molecule has 7 rings (SSSR count). The lowest BCUT2D eigenvalue weighted by Crippen LogP contribution is -2.09. The summed E-state index contributed by atoms with van der Waals surface area (Å²) < 4.78 is 33.6. The molecule has 202 valence electrons. The van der Waals surface area contributed by atoms with E-state index >= 15 is 0 Å². The van der Waals surface area contributed by atoms with Crippen molar-refractivity contribution in [1.29, 1.82) is 0 Å². The zero-order chi connectivity index (χ0) is 30.7. The smallest absolute Gasteiger partial charge is 0.149 e. The van der Waals surface area contributed by atoms with Crippen molar-refractivity contribution in [3.8, 4) is 28.2 Å². The highest BCUT2D eigenvalue weighted by Crippen LogP contribution is 2.43. The molecule has 3 aromatic heterocycles. The summed E-state index contributed by atoms with van der Waals surface area (Å²) in [7, 11) is 0. The Labute approximate surface area is 244 Å². The lowest BCUT2D eigenvalue weighted by Gasteiger charge is -2.24. The normalized spacial score (nSPS) is 13.4. The maximum absolute atomic E-state index is 8.31. The van der Waals surface area contributed by atoms with Gasteiger partial charge in [-0.25, -0.2) is 4.98 Å². The molecule has 4 heteroatoms. The predicted octanol–water partition coefficient (Wildman–Crippen LogP) is 10.2. The molecule has 0 bridgehead atoms. The summed E-state index contributed by atoms with van der Waals surface area (Å²) in [6.45, 7) is 6.57. The molecule has 41 heavy (non-hydrogen) atoms. The maximum Gasteiger partial charge on any atom is 0.149 e. The van der Waals surface area contributed by atoms with Gasteiger partial charge < -0.3 is 4.42 Å². The number of hydrogen-bond acceptors (Lipinski definition) is 3. The van der Waals surface area contributed by atoms with Gasteiger partial charge in [0.25, 0.3) is 0 Å². The van der Waals surface area contributed by atoms with Gasteiger partial charge in [0.1, 0.15) is 17.0 Å². The highest BCUT2D eigenvalue weighted by Gasteiger charge is 2.25. The number of rotatable bonds is 5. The van der Waals surface area contributed by atoms with E-state index in [-0.39, 0.29) is 17.4 Å². The first-order valence-electron chi connectivity index (χ1n) is 15.6. The van der Waals surface area contributed by atoms with Crippen LogP contribution in [0.15, 0.2) is 102 Å². The first-order chi connectivity index (χ1) is 21.1. The van der Waals surface area contributed by atoms with Gasteiger partial charge in [0, 0.05) is 21.1 Å². The average Bonchev–Trinajstić information content (AvgIpc) is 3.59. The number of pyridine rings is 1. The molecule has 0 aliphatic carbocycles. The number of nitrogens with zero attached hydrogens (tertiary/aromatic N) is 3. The van der Waals surface area contributed by atoms with Crippen LogP contribution in [-0.4, -0.2) is 14.5 Å². The van der Waals surface area contributed by atoms with Crippen LogP contribution in [0.25, 0.3) is 61.2 Å². The molecular formula is C37H33N3O. The van der Waals surface area contributed by atoms with Crippen LogP contribution < -0.4 is 0 Å². The lowest BCUT2D eigenvalue weighted by atomic mass is 9.88. The van der Waals surface area contributed by atoms with Gasteiger partial charge in [-0.15, -0.1) is 0 Å². The number of hydrogen-bond donors (Lipinski definition) is 0. The van der Waals surface area contributed by atoms with Crippen LogP contribution in [0.5, 0.6) is 0 Å². The summed E-state index contributed by atoms with van der Waals surface area (Å²) >= 11 is 0. The second-order valence-corrected chi connectivity index (χ2v) is 11.3. The summed E-state index contributed by atoms with van der Waals surface area (Å²) in [6.07, 6.45) is 3.61.